The highest BCUT2D eigenvalue weighted by Crippen LogP contribution is 2.40. The van der Waals surface area contributed by atoms with Crippen LogP contribution in [0.2, 0.25) is 0 Å². The first-order chi connectivity index (χ1) is 12.8. The Kier molecular flexibility index (Phi) is 7.36. The number of urea groups is 1. The summed E-state index contributed by atoms with van der Waals surface area (Å²) in [4.78, 5) is 16.3. The van der Waals surface area contributed by atoms with Gasteiger partial charge in [0, 0.05) is 38.4 Å². The van der Waals surface area contributed by atoms with Gasteiger partial charge >= 0.3 is 6.03 Å². The van der Waals surface area contributed by atoms with Gasteiger partial charge in [-0.3, -0.25) is 0 Å². The Bertz CT molecular complexity index is 603. The van der Waals surface area contributed by atoms with E-state index in [9.17, 15) is 4.79 Å². The zero-order valence-electron chi connectivity index (χ0n) is 17.4. The summed E-state index contributed by atoms with van der Waals surface area (Å²) in [5.74, 6) is 1.27. The van der Waals surface area contributed by atoms with Gasteiger partial charge in [-0.15, -0.1) is 0 Å². The summed E-state index contributed by atoms with van der Waals surface area (Å²) in [6.07, 6.45) is 1.07. The maximum absolute atomic E-state index is 12.1. The van der Waals surface area contributed by atoms with Gasteiger partial charge in [-0.05, 0) is 55.9 Å². The Morgan fingerprint density at radius 2 is 2.04 bits per heavy atom. The number of carbonyl (C=O) groups is 1. The summed E-state index contributed by atoms with van der Waals surface area (Å²) in [7, 11) is 1.82. The molecule has 2 rings (SSSR count). The van der Waals surface area contributed by atoms with Gasteiger partial charge < -0.3 is 25.0 Å². The summed E-state index contributed by atoms with van der Waals surface area (Å²) in [5.41, 5.74) is 1.33. The Balaban J connectivity index is 2.10. The van der Waals surface area contributed by atoms with Gasteiger partial charge in [-0.1, -0.05) is 13.8 Å². The second-order valence-corrected chi connectivity index (χ2v) is 8.15. The van der Waals surface area contributed by atoms with E-state index in [2.05, 4.69) is 43.1 Å². The summed E-state index contributed by atoms with van der Waals surface area (Å²) >= 11 is 0. The van der Waals surface area contributed by atoms with Gasteiger partial charge in [-0.2, -0.15) is 0 Å². The predicted octanol–water partition coefficient (Wildman–Crippen LogP) is 2.96. The van der Waals surface area contributed by atoms with Gasteiger partial charge in [0.2, 0.25) is 0 Å². The fourth-order valence-corrected chi connectivity index (χ4v) is 3.96. The topological polar surface area (TPSA) is 65.0 Å². The molecule has 2 N–H and O–H groups in total. The van der Waals surface area contributed by atoms with Crippen LogP contribution in [0.25, 0.3) is 0 Å². The van der Waals surface area contributed by atoms with Gasteiger partial charge in [0.05, 0.1) is 13.2 Å². The van der Waals surface area contributed by atoms with Crippen LogP contribution in [-0.4, -0.2) is 62.0 Å². The maximum Gasteiger partial charge on any atom is 0.317 e. The van der Waals surface area contributed by atoms with Crippen LogP contribution in [0.4, 0.5) is 10.5 Å². The van der Waals surface area contributed by atoms with E-state index in [1.54, 1.807) is 4.90 Å². The molecule has 6 nitrogen and oxygen atoms in total. The molecule has 1 fully saturated rings. The van der Waals surface area contributed by atoms with Crippen molar-refractivity contribution in [2.24, 2.45) is 11.3 Å². The molecule has 0 bridgehead atoms. The van der Waals surface area contributed by atoms with Crippen LogP contribution in [-0.2, 0) is 0 Å². The molecule has 27 heavy (non-hydrogen) atoms. The lowest BCUT2D eigenvalue weighted by atomic mass is 9.72. The summed E-state index contributed by atoms with van der Waals surface area (Å²) in [5, 5.41) is 11.6. The molecule has 1 heterocycles. The molecule has 0 spiro atoms. The van der Waals surface area contributed by atoms with E-state index < -0.39 is 0 Å². The number of hydrogen-bond acceptors (Lipinski definition) is 4. The monoisotopic (exact) mass is 377 g/mol. The van der Waals surface area contributed by atoms with Crippen molar-refractivity contribution in [3.05, 3.63) is 24.3 Å². The van der Waals surface area contributed by atoms with Crippen LogP contribution in [0, 0.1) is 11.3 Å². The van der Waals surface area contributed by atoms with Crippen LogP contribution in [0.15, 0.2) is 24.3 Å². The van der Waals surface area contributed by atoms with E-state index in [1.165, 1.54) is 5.69 Å². The SMILES string of the molecule is CCOc1ccc(N2C[C@H](CN(C)C(=O)NCCO)CC(C)(C)[C@@H]2C)cc1. The summed E-state index contributed by atoms with van der Waals surface area (Å²) in [6.45, 7) is 11.4. The third kappa shape index (κ3) is 5.51. The lowest BCUT2D eigenvalue weighted by Crippen LogP contribution is -2.54. The van der Waals surface area contributed by atoms with Crippen LogP contribution in [0.3, 0.4) is 0 Å². The third-order valence-electron chi connectivity index (χ3n) is 5.61. The minimum Gasteiger partial charge on any atom is -0.494 e. The average Bonchev–Trinajstić information content (AvgIpc) is 2.63. The fourth-order valence-electron chi connectivity index (χ4n) is 3.96. The van der Waals surface area contributed by atoms with Crippen LogP contribution in [0.5, 0.6) is 5.75 Å². The molecule has 152 valence electrons. The van der Waals surface area contributed by atoms with Crippen LogP contribution in [0.1, 0.15) is 34.1 Å². The van der Waals surface area contributed by atoms with Gasteiger partial charge in [0.25, 0.3) is 0 Å². The summed E-state index contributed by atoms with van der Waals surface area (Å²) < 4.78 is 5.56. The zero-order chi connectivity index (χ0) is 20.0. The van der Waals surface area contributed by atoms with Gasteiger partial charge in [0.1, 0.15) is 5.75 Å². The number of aliphatic hydroxyl groups is 1. The number of benzene rings is 1. The van der Waals surface area contributed by atoms with E-state index in [0.29, 0.717) is 25.1 Å². The largest absolute Gasteiger partial charge is 0.494 e. The summed E-state index contributed by atoms with van der Waals surface area (Å²) in [6, 6.07) is 8.57. The number of nitrogens with one attached hydrogen (secondary N) is 1. The van der Waals surface area contributed by atoms with Crippen molar-refractivity contribution in [2.45, 2.75) is 40.2 Å². The van der Waals surface area contributed by atoms with E-state index in [4.69, 9.17) is 9.84 Å². The number of aliphatic hydroxyl groups excluding tert-OH is 1. The highest BCUT2D eigenvalue weighted by Gasteiger charge is 2.39. The van der Waals surface area contributed by atoms with Crippen molar-refractivity contribution in [1.82, 2.24) is 10.2 Å². The van der Waals surface area contributed by atoms with Crippen molar-refractivity contribution >= 4 is 11.7 Å². The number of nitrogens with zero attached hydrogens (tertiary/aromatic N) is 2. The molecule has 1 aromatic rings. The third-order valence-corrected chi connectivity index (χ3v) is 5.61. The number of piperidine rings is 1. The molecule has 6 heteroatoms. The lowest BCUT2D eigenvalue weighted by Gasteiger charge is -2.50. The molecule has 0 radical (unpaired) electrons. The van der Waals surface area contributed by atoms with E-state index in [0.717, 1.165) is 18.7 Å². The van der Waals surface area contributed by atoms with Crippen molar-refractivity contribution in [2.75, 3.05) is 44.8 Å². The molecular formula is C21H35N3O3. The highest BCUT2D eigenvalue weighted by atomic mass is 16.5. The quantitative estimate of drug-likeness (QED) is 0.767. The second kappa shape index (κ2) is 9.31. The average molecular weight is 378 g/mol. The fraction of sp³-hybridized carbons (Fsp3) is 0.667. The number of hydrogen-bond donors (Lipinski definition) is 2. The molecule has 1 aliphatic heterocycles. The Morgan fingerprint density at radius 3 is 2.63 bits per heavy atom. The van der Waals surface area contributed by atoms with E-state index in [1.807, 2.05) is 26.1 Å². The Labute approximate surface area is 163 Å². The molecule has 0 saturated carbocycles. The number of carbonyl (C=O) groups excluding carboxylic acids is 1. The molecular weight excluding hydrogens is 342 g/mol. The first-order valence-corrected chi connectivity index (χ1v) is 9.87. The van der Waals surface area contributed by atoms with Crippen molar-refractivity contribution < 1.29 is 14.6 Å². The maximum atomic E-state index is 12.1. The smallest absolute Gasteiger partial charge is 0.317 e. The first kappa shape index (κ1) is 21.4. The normalized spacial score (nSPS) is 21.6. The number of ether oxygens (including phenoxy) is 1. The molecule has 0 aromatic heterocycles. The van der Waals surface area contributed by atoms with Gasteiger partial charge in [-0.25, -0.2) is 4.79 Å². The van der Waals surface area contributed by atoms with Crippen molar-refractivity contribution in [1.29, 1.82) is 0 Å². The standard InChI is InChI=1S/C21H35N3O3/c1-6-27-19-9-7-18(8-10-19)24-15-17(13-21(3,4)16(24)2)14-23(5)20(26)22-11-12-25/h7-10,16-17,25H,6,11-15H2,1-5H3,(H,22,26)/t16-,17-/m0/s1. The van der Waals surface area contributed by atoms with Crippen molar-refractivity contribution in [3.8, 4) is 5.75 Å². The minimum absolute atomic E-state index is 0.0426. The first-order valence-electron chi connectivity index (χ1n) is 9.87. The number of rotatable bonds is 7. The number of amides is 2. The van der Waals surface area contributed by atoms with Crippen molar-refractivity contribution in [3.63, 3.8) is 0 Å². The van der Waals surface area contributed by atoms with E-state index in [-0.39, 0.29) is 24.6 Å². The second-order valence-electron chi connectivity index (χ2n) is 8.15. The molecule has 2 atom stereocenters. The Morgan fingerprint density at radius 1 is 1.37 bits per heavy atom. The zero-order valence-corrected chi connectivity index (χ0v) is 17.4. The van der Waals surface area contributed by atoms with E-state index >= 15 is 0 Å². The molecule has 2 amide bonds. The molecule has 0 aliphatic carbocycles. The molecule has 1 aromatic carbocycles. The minimum atomic E-state index is -0.131. The predicted molar refractivity (Wildman–Crippen MR) is 109 cm³/mol. The molecule has 1 aliphatic rings. The Hall–Kier alpha value is -1.95. The highest BCUT2D eigenvalue weighted by molar-refractivity contribution is 5.73. The molecule has 0 unspecified atom stereocenters. The van der Waals surface area contributed by atoms with Gasteiger partial charge in [0.15, 0.2) is 0 Å². The van der Waals surface area contributed by atoms with Crippen LogP contribution < -0.4 is 15.0 Å². The molecule has 1 saturated heterocycles. The van der Waals surface area contributed by atoms with Crippen LogP contribution >= 0.6 is 0 Å². The lowest BCUT2D eigenvalue weighted by molar-refractivity contribution is 0.144. The number of anilines is 1.